The molecule has 8 heteroatoms. The van der Waals surface area contributed by atoms with Crippen LogP contribution in [0.25, 0.3) is 0 Å². The van der Waals surface area contributed by atoms with Crippen LogP contribution in [0.1, 0.15) is 11.8 Å². The second-order valence-corrected chi connectivity index (χ2v) is 10.1. The molecule has 0 saturated carbocycles. The molecular formula is C14H17NO4S3. The molecule has 1 heterocycles. The molecule has 0 fully saturated rings. The zero-order valence-corrected chi connectivity index (χ0v) is 14.5. The van der Waals surface area contributed by atoms with E-state index in [1.54, 1.807) is 12.1 Å². The Bertz CT molecular complexity index is 850. The standard InChI is InChI=1S/C14H17NO4S3/c1-2-11-3-8-14(20-11)22(18,19)13-6-4-12(5-7-13)21(16,17)10-9-15/h3-8H,2,9-10,15H2,1H3. The first-order valence-corrected chi connectivity index (χ1v) is 10.6. The Balaban J connectivity index is 2.38. The minimum Gasteiger partial charge on any atom is -0.329 e. The van der Waals surface area contributed by atoms with Crippen molar-refractivity contribution in [2.24, 2.45) is 5.73 Å². The third-order valence-electron chi connectivity index (χ3n) is 3.13. The van der Waals surface area contributed by atoms with Gasteiger partial charge in [0.2, 0.25) is 9.84 Å². The quantitative estimate of drug-likeness (QED) is 0.850. The van der Waals surface area contributed by atoms with E-state index in [0.717, 1.165) is 11.3 Å². The monoisotopic (exact) mass is 359 g/mol. The van der Waals surface area contributed by atoms with E-state index < -0.39 is 19.7 Å². The zero-order chi connectivity index (χ0) is 16.4. The van der Waals surface area contributed by atoms with E-state index in [9.17, 15) is 16.8 Å². The van der Waals surface area contributed by atoms with Crippen molar-refractivity contribution in [3.63, 3.8) is 0 Å². The molecule has 0 radical (unpaired) electrons. The molecule has 0 aliphatic rings. The van der Waals surface area contributed by atoms with Gasteiger partial charge in [0, 0.05) is 11.4 Å². The summed E-state index contributed by atoms with van der Waals surface area (Å²) < 4.78 is 49.0. The van der Waals surface area contributed by atoms with E-state index in [4.69, 9.17) is 5.73 Å². The van der Waals surface area contributed by atoms with Crippen LogP contribution in [0.15, 0.2) is 50.4 Å². The van der Waals surface area contributed by atoms with E-state index in [1.165, 1.54) is 35.6 Å². The summed E-state index contributed by atoms with van der Waals surface area (Å²) in [6.07, 6.45) is 0.774. The van der Waals surface area contributed by atoms with Gasteiger partial charge in [-0.1, -0.05) is 6.92 Å². The van der Waals surface area contributed by atoms with Gasteiger partial charge in [0.25, 0.3) is 0 Å². The molecule has 5 nitrogen and oxygen atoms in total. The molecule has 0 spiro atoms. The molecule has 2 rings (SSSR count). The third kappa shape index (κ3) is 3.40. The van der Waals surface area contributed by atoms with Crippen molar-refractivity contribution < 1.29 is 16.8 Å². The summed E-state index contributed by atoms with van der Waals surface area (Å²) in [7, 11) is -7.06. The first kappa shape index (κ1) is 17.1. The van der Waals surface area contributed by atoms with Crippen LogP contribution in [-0.4, -0.2) is 29.1 Å². The number of rotatable bonds is 6. The van der Waals surface area contributed by atoms with E-state index in [0.29, 0.717) is 0 Å². The smallest absolute Gasteiger partial charge is 0.215 e. The van der Waals surface area contributed by atoms with Gasteiger partial charge in [-0.2, -0.15) is 0 Å². The molecule has 0 saturated heterocycles. The molecule has 1 aromatic heterocycles. The maximum atomic E-state index is 12.5. The Kier molecular flexibility index (Phi) is 5.06. The highest BCUT2D eigenvalue weighted by molar-refractivity contribution is 7.93. The van der Waals surface area contributed by atoms with E-state index >= 15 is 0 Å². The van der Waals surface area contributed by atoms with Crippen molar-refractivity contribution in [3.05, 3.63) is 41.3 Å². The number of thiophene rings is 1. The van der Waals surface area contributed by atoms with Crippen LogP contribution < -0.4 is 5.73 Å². The number of benzene rings is 1. The second-order valence-electron chi connectivity index (χ2n) is 4.66. The van der Waals surface area contributed by atoms with Crippen molar-refractivity contribution in [2.45, 2.75) is 27.3 Å². The number of sulfone groups is 2. The van der Waals surface area contributed by atoms with Gasteiger partial charge in [-0.25, -0.2) is 16.8 Å². The fraction of sp³-hybridized carbons (Fsp3) is 0.286. The minimum atomic E-state index is -3.60. The number of hydrogen-bond donors (Lipinski definition) is 1. The lowest BCUT2D eigenvalue weighted by Gasteiger charge is -2.05. The van der Waals surface area contributed by atoms with Gasteiger partial charge in [-0.3, -0.25) is 0 Å². The zero-order valence-electron chi connectivity index (χ0n) is 12.0. The highest BCUT2D eigenvalue weighted by Crippen LogP contribution is 2.28. The van der Waals surface area contributed by atoms with Gasteiger partial charge >= 0.3 is 0 Å². The van der Waals surface area contributed by atoms with E-state index in [1.807, 2.05) is 6.92 Å². The average molecular weight is 359 g/mol. The Hall–Kier alpha value is -1.22. The normalized spacial score (nSPS) is 12.5. The number of hydrogen-bond acceptors (Lipinski definition) is 6. The highest BCUT2D eigenvalue weighted by atomic mass is 32.2. The molecule has 0 aliphatic carbocycles. The van der Waals surface area contributed by atoms with Gasteiger partial charge in [-0.15, -0.1) is 11.3 Å². The van der Waals surface area contributed by atoms with Crippen LogP contribution >= 0.6 is 11.3 Å². The fourth-order valence-electron chi connectivity index (χ4n) is 1.91. The van der Waals surface area contributed by atoms with Gasteiger partial charge in [0.05, 0.1) is 15.5 Å². The maximum absolute atomic E-state index is 12.5. The lowest BCUT2D eigenvalue weighted by atomic mass is 10.4. The Morgan fingerprint density at radius 2 is 1.55 bits per heavy atom. The van der Waals surface area contributed by atoms with Gasteiger partial charge in [-0.05, 0) is 42.8 Å². The van der Waals surface area contributed by atoms with E-state index in [2.05, 4.69) is 0 Å². The number of aryl methyl sites for hydroxylation is 1. The van der Waals surface area contributed by atoms with Crippen molar-refractivity contribution >= 4 is 31.0 Å². The summed E-state index contributed by atoms with van der Waals surface area (Å²) in [5.74, 6) is -0.163. The summed E-state index contributed by atoms with van der Waals surface area (Å²) >= 11 is 1.23. The topological polar surface area (TPSA) is 94.3 Å². The molecule has 0 unspecified atom stereocenters. The Morgan fingerprint density at radius 3 is 2.05 bits per heavy atom. The van der Waals surface area contributed by atoms with Crippen LogP contribution in [0.5, 0.6) is 0 Å². The van der Waals surface area contributed by atoms with Crippen LogP contribution in [-0.2, 0) is 26.1 Å². The molecular weight excluding hydrogens is 342 g/mol. The van der Waals surface area contributed by atoms with Crippen molar-refractivity contribution in [1.82, 2.24) is 0 Å². The Morgan fingerprint density at radius 1 is 0.955 bits per heavy atom. The molecule has 0 aliphatic heterocycles. The van der Waals surface area contributed by atoms with Gasteiger partial charge < -0.3 is 5.73 Å². The summed E-state index contributed by atoms with van der Waals surface area (Å²) in [5.41, 5.74) is 5.27. The van der Waals surface area contributed by atoms with Crippen LogP contribution in [0, 0.1) is 0 Å². The lowest BCUT2D eigenvalue weighted by Crippen LogP contribution is -2.15. The van der Waals surface area contributed by atoms with Gasteiger partial charge in [0.15, 0.2) is 9.84 Å². The second kappa shape index (κ2) is 6.49. The van der Waals surface area contributed by atoms with Crippen molar-refractivity contribution in [3.8, 4) is 0 Å². The molecule has 2 aromatic rings. The van der Waals surface area contributed by atoms with Crippen molar-refractivity contribution in [1.29, 1.82) is 0 Å². The molecule has 22 heavy (non-hydrogen) atoms. The largest absolute Gasteiger partial charge is 0.329 e. The van der Waals surface area contributed by atoms with Gasteiger partial charge in [0.1, 0.15) is 4.21 Å². The molecule has 0 atom stereocenters. The van der Waals surface area contributed by atoms with Crippen LogP contribution in [0.3, 0.4) is 0 Å². The fourth-order valence-corrected chi connectivity index (χ4v) is 5.70. The molecule has 0 amide bonds. The summed E-state index contributed by atoms with van der Waals surface area (Å²) in [5, 5.41) is 0. The molecule has 120 valence electrons. The molecule has 1 aromatic carbocycles. The Labute approximate surface area is 134 Å². The van der Waals surface area contributed by atoms with Crippen LogP contribution in [0.2, 0.25) is 0 Å². The summed E-state index contributed by atoms with van der Waals surface area (Å²) in [4.78, 5) is 1.15. The first-order chi connectivity index (χ1) is 10.3. The third-order valence-corrected chi connectivity index (χ3v) is 8.38. The minimum absolute atomic E-state index is 0.0252. The van der Waals surface area contributed by atoms with Crippen LogP contribution in [0.4, 0.5) is 0 Å². The maximum Gasteiger partial charge on any atom is 0.215 e. The first-order valence-electron chi connectivity index (χ1n) is 6.68. The lowest BCUT2D eigenvalue weighted by molar-refractivity contribution is 0.593. The SMILES string of the molecule is CCc1ccc(S(=O)(=O)c2ccc(S(=O)(=O)CCN)cc2)s1. The van der Waals surface area contributed by atoms with Crippen molar-refractivity contribution in [2.75, 3.05) is 12.3 Å². The average Bonchev–Trinajstić information content (AvgIpc) is 2.97. The predicted octanol–water partition coefficient (Wildman–Crippen LogP) is 1.88. The highest BCUT2D eigenvalue weighted by Gasteiger charge is 2.21. The van der Waals surface area contributed by atoms with E-state index in [-0.39, 0.29) is 26.3 Å². The number of nitrogens with two attached hydrogens (primary N) is 1. The summed E-state index contributed by atoms with van der Waals surface area (Å²) in [6.45, 7) is 1.98. The summed E-state index contributed by atoms with van der Waals surface area (Å²) in [6, 6.07) is 8.64. The molecule has 2 N–H and O–H groups in total. The predicted molar refractivity (Wildman–Crippen MR) is 86.7 cm³/mol. The molecule has 0 bridgehead atoms.